The van der Waals surface area contributed by atoms with E-state index in [-0.39, 0.29) is 12.3 Å². The van der Waals surface area contributed by atoms with Crippen molar-refractivity contribution in [1.82, 2.24) is 19.3 Å². The first kappa shape index (κ1) is 18.5. The van der Waals surface area contributed by atoms with Gasteiger partial charge in [-0.15, -0.1) is 0 Å². The van der Waals surface area contributed by atoms with Gasteiger partial charge < -0.3 is 4.57 Å². The third kappa shape index (κ3) is 3.61. The lowest BCUT2D eigenvalue weighted by Crippen LogP contribution is -2.14. The first-order valence-corrected chi connectivity index (χ1v) is 10.1. The van der Waals surface area contributed by atoms with Crippen LogP contribution in [0.3, 0.4) is 0 Å². The van der Waals surface area contributed by atoms with Crippen molar-refractivity contribution in [2.24, 2.45) is 12.0 Å². The summed E-state index contributed by atoms with van der Waals surface area (Å²) in [5.74, 6) is 0.550. The van der Waals surface area contributed by atoms with Gasteiger partial charge in [0.15, 0.2) is 15.4 Å². The standard InChI is InChI=1S/C20H19N5OS2/c1-13-6-5-7-14(12-13)18-22-23-19(27)25(18)11-10-17(26)21-20-24(2)15-8-3-4-9-16(15)28-20/h3-9,12H,10-11H2,1-2H3,(H,23,27). The van der Waals surface area contributed by atoms with Crippen LogP contribution in [0.5, 0.6) is 0 Å². The molecule has 28 heavy (non-hydrogen) atoms. The second-order valence-electron chi connectivity index (χ2n) is 6.54. The van der Waals surface area contributed by atoms with Crippen LogP contribution in [-0.2, 0) is 18.4 Å². The highest BCUT2D eigenvalue weighted by Crippen LogP contribution is 2.19. The quantitative estimate of drug-likeness (QED) is 0.518. The molecule has 0 aliphatic heterocycles. The van der Waals surface area contributed by atoms with E-state index in [2.05, 4.69) is 15.2 Å². The zero-order valence-electron chi connectivity index (χ0n) is 15.5. The van der Waals surface area contributed by atoms with Gasteiger partial charge in [0.25, 0.3) is 0 Å². The minimum Gasteiger partial charge on any atom is -0.319 e. The van der Waals surface area contributed by atoms with E-state index < -0.39 is 0 Å². The molecule has 0 aliphatic rings. The summed E-state index contributed by atoms with van der Waals surface area (Å²) in [5, 5.41) is 7.16. The molecule has 0 spiro atoms. The van der Waals surface area contributed by atoms with Crippen LogP contribution in [0, 0.1) is 11.7 Å². The molecule has 6 nitrogen and oxygen atoms in total. The van der Waals surface area contributed by atoms with Gasteiger partial charge in [0.1, 0.15) is 0 Å². The van der Waals surface area contributed by atoms with Crippen molar-refractivity contribution < 1.29 is 4.79 Å². The van der Waals surface area contributed by atoms with Crippen LogP contribution >= 0.6 is 23.6 Å². The van der Waals surface area contributed by atoms with E-state index >= 15 is 0 Å². The zero-order chi connectivity index (χ0) is 19.7. The van der Waals surface area contributed by atoms with E-state index in [1.54, 1.807) is 0 Å². The van der Waals surface area contributed by atoms with Crippen LogP contribution in [0.2, 0.25) is 0 Å². The van der Waals surface area contributed by atoms with Crippen LogP contribution in [0.25, 0.3) is 21.6 Å². The number of carbonyl (C=O) groups is 1. The Labute approximate surface area is 170 Å². The third-order valence-electron chi connectivity index (χ3n) is 4.52. The molecule has 2 heterocycles. The SMILES string of the molecule is Cc1cccc(-c2n[nH]c(=S)n2CCC(=O)N=c2sc3ccccc3n2C)c1. The summed E-state index contributed by atoms with van der Waals surface area (Å²) in [4.78, 5) is 17.5. The number of benzene rings is 2. The number of amides is 1. The molecule has 0 bridgehead atoms. The van der Waals surface area contributed by atoms with Crippen molar-refractivity contribution in [3.8, 4) is 11.4 Å². The number of H-pyrrole nitrogens is 1. The second-order valence-corrected chi connectivity index (χ2v) is 7.94. The summed E-state index contributed by atoms with van der Waals surface area (Å²) in [6, 6.07) is 16.1. The molecular weight excluding hydrogens is 390 g/mol. The Balaban J connectivity index is 1.58. The average molecular weight is 410 g/mol. The number of thiazole rings is 1. The second kappa shape index (κ2) is 7.65. The van der Waals surface area contributed by atoms with Crippen molar-refractivity contribution in [2.45, 2.75) is 19.9 Å². The van der Waals surface area contributed by atoms with Crippen molar-refractivity contribution in [3.63, 3.8) is 0 Å². The van der Waals surface area contributed by atoms with Crippen LogP contribution in [0.15, 0.2) is 53.5 Å². The van der Waals surface area contributed by atoms with Gasteiger partial charge in [-0.3, -0.25) is 14.5 Å². The Morgan fingerprint density at radius 1 is 1.25 bits per heavy atom. The van der Waals surface area contributed by atoms with Crippen LogP contribution in [0.1, 0.15) is 12.0 Å². The van der Waals surface area contributed by atoms with Gasteiger partial charge in [-0.25, -0.2) is 0 Å². The van der Waals surface area contributed by atoms with Gasteiger partial charge in [0.2, 0.25) is 5.91 Å². The lowest BCUT2D eigenvalue weighted by molar-refractivity contribution is -0.118. The molecule has 4 aromatic rings. The van der Waals surface area contributed by atoms with Crippen LogP contribution in [-0.4, -0.2) is 25.2 Å². The van der Waals surface area contributed by atoms with E-state index in [0.29, 0.717) is 16.1 Å². The molecule has 8 heteroatoms. The number of aromatic amines is 1. The normalized spacial score (nSPS) is 12.0. The molecule has 1 N–H and O–H groups in total. The number of aromatic nitrogens is 4. The zero-order valence-corrected chi connectivity index (χ0v) is 17.2. The minimum atomic E-state index is -0.180. The Kier molecular flexibility index (Phi) is 5.06. The lowest BCUT2D eigenvalue weighted by atomic mass is 10.1. The molecule has 0 aliphatic carbocycles. The maximum absolute atomic E-state index is 12.5. The van der Waals surface area contributed by atoms with Gasteiger partial charge in [0, 0.05) is 25.6 Å². The van der Waals surface area contributed by atoms with Gasteiger partial charge in [-0.05, 0) is 37.3 Å². The molecule has 0 fully saturated rings. The number of hydrogen-bond donors (Lipinski definition) is 1. The highest BCUT2D eigenvalue weighted by atomic mass is 32.1. The van der Waals surface area contributed by atoms with E-state index in [1.165, 1.54) is 11.3 Å². The summed E-state index contributed by atoms with van der Waals surface area (Å²) >= 11 is 6.86. The largest absolute Gasteiger partial charge is 0.319 e. The van der Waals surface area contributed by atoms with Crippen molar-refractivity contribution >= 4 is 39.7 Å². The number of nitrogens with zero attached hydrogens (tertiary/aromatic N) is 4. The monoisotopic (exact) mass is 409 g/mol. The van der Waals surface area contributed by atoms with E-state index in [1.807, 2.05) is 71.6 Å². The third-order valence-corrected chi connectivity index (χ3v) is 5.94. The summed E-state index contributed by atoms with van der Waals surface area (Å²) in [7, 11) is 1.92. The molecule has 0 saturated heterocycles. The van der Waals surface area contributed by atoms with Gasteiger partial charge in [-0.1, -0.05) is 47.2 Å². The first-order valence-electron chi connectivity index (χ1n) is 8.87. The van der Waals surface area contributed by atoms with Crippen molar-refractivity contribution in [3.05, 3.63) is 63.7 Å². The summed E-state index contributed by atoms with van der Waals surface area (Å²) in [6.07, 6.45) is 0.251. The molecule has 0 atom stereocenters. The summed E-state index contributed by atoms with van der Waals surface area (Å²) < 4.78 is 5.40. The van der Waals surface area contributed by atoms with Crippen LogP contribution in [0.4, 0.5) is 0 Å². The van der Waals surface area contributed by atoms with Gasteiger partial charge in [0.05, 0.1) is 10.2 Å². The summed E-state index contributed by atoms with van der Waals surface area (Å²) in [6.45, 7) is 2.46. The smallest absolute Gasteiger partial charge is 0.250 e. The van der Waals surface area contributed by atoms with E-state index in [9.17, 15) is 4.79 Å². The van der Waals surface area contributed by atoms with Crippen LogP contribution < -0.4 is 4.80 Å². The maximum Gasteiger partial charge on any atom is 0.250 e. The molecule has 2 aromatic carbocycles. The molecule has 0 radical (unpaired) electrons. The highest BCUT2D eigenvalue weighted by molar-refractivity contribution is 7.71. The number of carbonyl (C=O) groups excluding carboxylic acids is 1. The number of aryl methyl sites for hydroxylation is 2. The maximum atomic E-state index is 12.5. The topological polar surface area (TPSA) is 68.0 Å². The fraction of sp³-hybridized carbons (Fsp3) is 0.200. The highest BCUT2D eigenvalue weighted by Gasteiger charge is 2.11. The molecule has 2 aromatic heterocycles. The Morgan fingerprint density at radius 3 is 2.86 bits per heavy atom. The minimum absolute atomic E-state index is 0.180. The number of fused-ring (bicyclic) bond motifs is 1. The van der Waals surface area contributed by atoms with E-state index in [0.717, 1.165) is 27.2 Å². The molecular formula is C20H19N5OS2. The first-order chi connectivity index (χ1) is 13.5. The number of para-hydroxylation sites is 1. The molecule has 0 saturated carbocycles. The Bertz CT molecular complexity index is 1290. The molecule has 1 amide bonds. The van der Waals surface area contributed by atoms with Crippen molar-refractivity contribution in [1.29, 1.82) is 0 Å². The molecule has 142 valence electrons. The van der Waals surface area contributed by atoms with Crippen molar-refractivity contribution in [2.75, 3.05) is 0 Å². The number of nitrogens with one attached hydrogen (secondary N) is 1. The number of hydrogen-bond acceptors (Lipinski definition) is 4. The van der Waals surface area contributed by atoms with E-state index in [4.69, 9.17) is 12.2 Å². The predicted octanol–water partition coefficient (Wildman–Crippen LogP) is 3.99. The summed E-state index contributed by atoms with van der Waals surface area (Å²) in [5.41, 5.74) is 3.17. The lowest BCUT2D eigenvalue weighted by Gasteiger charge is -2.06. The van der Waals surface area contributed by atoms with Gasteiger partial charge >= 0.3 is 0 Å². The Hall–Kier alpha value is -2.84. The Morgan fingerprint density at radius 2 is 2.07 bits per heavy atom. The fourth-order valence-electron chi connectivity index (χ4n) is 3.09. The predicted molar refractivity (Wildman–Crippen MR) is 114 cm³/mol. The number of rotatable bonds is 4. The van der Waals surface area contributed by atoms with Gasteiger partial charge in [-0.2, -0.15) is 10.1 Å². The average Bonchev–Trinajstić information content (AvgIpc) is 3.20. The fourth-order valence-corrected chi connectivity index (χ4v) is 4.35. The molecule has 0 unspecified atom stereocenters. The molecule has 4 rings (SSSR count).